The van der Waals surface area contributed by atoms with E-state index in [-0.39, 0.29) is 24.4 Å². The van der Waals surface area contributed by atoms with Crippen LogP contribution in [-0.4, -0.2) is 25.5 Å². The van der Waals surface area contributed by atoms with Crippen LogP contribution in [0.5, 0.6) is 0 Å². The number of benzene rings is 1. The quantitative estimate of drug-likeness (QED) is 0.797. The molecule has 0 saturated heterocycles. The highest BCUT2D eigenvalue weighted by Gasteiger charge is 2.11. The predicted molar refractivity (Wildman–Crippen MR) is 78.2 cm³/mol. The average Bonchev–Trinajstić information content (AvgIpc) is 2.31. The molecule has 0 aliphatic heterocycles. The molecule has 2 N–H and O–H groups in total. The lowest BCUT2D eigenvalue weighted by molar-refractivity contribution is -0.120. The van der Waals surface area contributed by atoms with E-state index in [2.05, 4.69) is 29.7 Å². The third kappa shape index (κ3) is 6.62. The van der Waals surface area contributed by atoms with Gasteiger partial charge in [-0.2, -0.15) is 0 Å². The predicted octanol–water partition coefficient (Wildman–Crippen LogP) is 2.16. The number of carbonyl (C=O) groups excluding carboxylic acids is 1. The van der Waals surface area contributed by atoms with Crippen LogP contribution in [-0.2, 0) is 11.2 Å². The fourth-order valence-electron chi connectivity index (χ4n) is 1.91. The molecular weight excluding hydrogens is 248 g/mol. The Bertz CT molecular complexity index is 330. The first-order chi connectivity index (χ1) is 8.26. The van der Waals surface area contributed by atoms with Gasteiger partial charge in [-0.15, -0.1) is 12.4 Å². The van der Waals surface area contributed by atoms with E-state index >= 15 is 0 Å². The topological polar surface area (TPSA) is 41.1 Å². The van der Waals surface area contributed by atoms with Gasteiger partial charge in [0.25, 0.3) is 0 Å². The molecule has 1 amide bonds. The van der Waals surface area contributed by atoms with Crippen molar-refractivity contribution >= 4 is 18.3 Å². The second-order valence-electron chi connectivity index (χ2n) is 4.27. The van der Waals surface area contributed by atoms with Crippen molar-refractivity contribution in [3.63, 3.8) is 0 Å². The zero-order valence-electron chi connectivity index (χ0n) is 11.1. The molecule has 0 aliphatic carbocycles. The van der Waals surface area contributed by atoms with Gasteiger partial charge < -0.3 is 10.6 Å². The van der Waals surface area contributed by atoms with Crippen molar-refractivity contribution < 1.29 is 4.79 Å². The van der Waals surface area contributed by atoms with Crippen molar-refractivity contribution in [2.45, 2.75) is 32.2 Å². The Morgan fingerprint density at radius 3 is 2.50 bits per heavy atom. The fourth-order valence-corrected chi connectivity index (χ4v) is 1.91. The highest BCUT2D eigenvalue weighted by atomic mass is 35.5. The summed E-state index contributed by atoms with van der Waals surface area (Å²) in [6.45, 7) is 2.53. The molecule has 0 bridgehead atoms. The van der Waals surface area contributed by atoms with E-state index in [1.165, 1.54) is 5.56 Å². The average molecular weight is 271 g/mol. The van der Waals surface area contributed by atoms with Crippen LogP contribution >= 0.6 is 12.4 Å². The van der Waals surface area contributed by atoms with Gasteiger partial charge in [-0.3, -0.25) is 4.79 Å². The minimum absolute atomic E-state index is 0. The molecule has 0 heterocycles. The monoisotopic (exact) mass is 270 g/mol. The first-order valence-corrected chi connectivity index (χ1v) is 6.24. The molecule has 0 aliphatic rings. The van der Waals surface area contributed by atoms with Gasteiger partial charge >= 0.3 is 0 Å². The lowest BCUT2D eigenvalue weighted by atomic mass is 10.0. The maximum atomic E-state index is 11.5. The van der Waals surface area contributed by atoms with E-state index in [0.717, 1.165) is 19.3 Å². The second-order valence-corrected chi connectivity index (χ2v) is 4.27. The molecule has 3 nitrogen and oxygen atoms in total. The fraction of sp³-hybridized carbons (Fsp3) is 0.500. The number of nitrogens with one attached hydrogen (secondary N) is 2. The van der Waals surface area contributed by atoms with E-state index in [9.17, 15) is 4.79 Å². The first-order valence-electron chi connectivity index (χ1n) is 6.24. The van der Waals surface area contributed by atoms with E-state index in [4.69, 9.17) is 0 Å². The summed E-state index contributed by atoms with van der Waals surface area (Å²) in [5.41, 5.74) is 1.27. The van der Waals surface area contributed by atoms with Crippen molar-refractivity contribution in [1.29, 1.82) is 0 Å². The lowest BCUT2D eigenvalue weighted by Crippen LogP contribution is -2.40. The first kappa shape index (κ1) is 16.9. The molecular formula is C14H23ClN2O. The van der Waals surface area contributed by atoms with Crippen LogP contribution in [0, 0.1) is 0 Å². The molecule has 1 atom stereocenters. The lowest BCUT2D eigenvalue weighted by Gasteiger charge is -2.18. The highest BCUT2D eigenvalue weighted by Crippen LogP contribution is 2.07. The van der Waals surface area contributed by atoms with Crippen LogP contribution in [0.4, 0.5) is 0 Å². The second kappa shape index (κ2) is 9.92. The van der Waals surface area contributed by atoms with Gasteiger partial charge in [0.05, 0.1) is 6.54 Å². The zero-order valence-corrected chi connectivity index (χ0v) is 11.9. The molecule has 1 aromatic carbocycles. The normalized spacial score (nSPS) is 11.4. The smallest absolute Gasteiger partial charge is 0.234 e. The van der Waals surface area contributed by atoms with Crippen LogP contribution in [0.3, 0.4) is 0 Å². The summed E-state index contributed by atoms with van der Waals surface area (Å²) in [7, 11) is 1.78. The van der Waals surface area contributed by atoms with Crippen LogP contribution in [0.1, 0.15) is 25.3 Å². The summed E-state index contributed by atoms with van der Waals surface area (Å²) in [6, 6.07) is 10.5. The number of halogens is 1. The molecule has 0 fully saturated rings. The summed E-state index contributed by atoms with van der Waals surface area (Å²) in [6.07, 6.45) is 3.01. The van der Waals surface area contributed by atoms with Crippen molar-refractivity contribution in [3.8, 4) is 0 Å². The largest absolute Gasteiger partial charge is 0.352 e. The third-order valence-corrected chi connectivity index (χ3v) is 2.66. The van der Waals surface area contributed by atoms with Crippen LogP contribution < -0.4 is 10.6 Å². The van der Waals surface area contributed by atoms with Crippen LogP contribution in [0.2, 0.25) is 0 Å². The van der Waals surface area contributed by atoms with E-state index in [0.29, 0.717) is 6.54 Å². The van der Waals surface area contributed by atoms with Crippen LogP contribution in [0.25, 0.3) is 0 Å². The van der Waals surface area contributed by atoms with Crippen LogP contribution in [0.15, 0.2) is 30.3 Å². The number of rotatable bonds is 7. The molecule has 0 radical (unpaired) electrons. The number of amides is 1. The van der Waals surface area contributed by atoms with Gasteiger partial charge in [-0.05, 0) is 25.5 Å². The van der Waals surface area contributed by atoms with E-state index < -0.39 is 0 Å². The highest BCUT2D eigenvalue weighted by molar-refractivity contribution is 5.85. The molecule has 0 spiro atoms. The molecule has 1 aromatic rings. The molecule has 4 heteroatoms. The van der Waals surface area contributed by atoms with Gasteiger partial charge in [-0.25, -0.2) is 0 Å². The van der Waals surface area contributed by atoms with Gasteiger partial charge in [0.1, 0.15) is 0 Å². The molecule has 0 saturated carbocycles. The molecule has 102 valence electrons. The van der Waals surface area contributed by atoms with Crippen molar-refractivity contribution in [2.24, 2.45) is 0 Å². The molecule has 1 rings (SSSR count). The Morgan fingerprint density at radius 2 is 1.94 bits per heavy atom. The van der Waals surface area contributed by atoms with E-state index in [1.54, 1.807) is 7.05 Å². The van der Waals surface area contributed by atoms with Gasteiger partial charge in [0.2, 0.25) is 5.91 Å². The minimum Gasteiger partial charge on any atom is -0.352 e. The third-order valence-electron chi connectivity index (χ3n) is 2.66. The van der Waals surface area contributed by atoms with Crippen molar-refractivity contribution in [2.75, 3.05) is 13.6 Å². The van der Waals surface area contributed by atoms with Gasteiger partial charge in [-0.1, -0.05) is 43.7 Å². The molecule has 0 aromatic heterocycles. The van der Waals surface area contributed by atoms with Gasteiger partial charge in [0.15, 0.2) is 0 Å². The Morgan fingerprint density at radius 1 is 1.28 bits per heavy atom. The van der Waals surface area contributed by atoms with Crippen molar-refractivity contribution in [3.05, 3.63) is 35.9 Å². The summed E-state index contributed by atoms with van der Waals surface area (Å²) >= 11 is 0. The summed E-state index contributed by atoms with van der Waals surface area (Å²) in [5.74, 6) is 0.0712. The van der Waals surface area contributed by atoms with Gasteiger partial charge in [0, 0.05) is 6.04 Å². The molecule has 1 unspecified atom stereocenters. The summed E-state index contributed by atoms with van der Waals surface area (Å²) in [5, 5.41) is 5.93. The number of hydrogen-bond donors (Lipinski definition) is 2. The minimum atomic E-state index is 0. The number of carbonyl (C=O) groups is 1. The van der Waals surface area contributed by atoms with E-state index in [1.807, 2.05) is 18.2 Å². The SMILES string of the molecule is CCCC(Cc1ccccc1)NC(=O)CNC.Cl. The zero-order chi connectivity index (χ0) is 12.5. The summed E-state index contributed by atoms with van der Waals surface area (Å²) in [4.78, 5) is 11.5. The summed E-state index contributed by atoms with van der Waals surface area (Å²) < 4.78 is 0. The maximum absolute atomic E-state index is 11.5. The standard InChI is InChI=1S/C14H22N2O.ClH/c1-3-7-13(16-14(17)11-15-2)10-12-8-5-4-6-9-12;/h4-6,8-9,13,15H,3,7,10-11H2,1-2H3,(H,16,17);1H. The Kier molecular flexibility index (Phi) is 9.33. The van der Waals surface area contributed by atoms with Crippen molar-refractivity contribution in [1.82, 2.24) is 10.6 Å². The maximum Gasteiger partial charge on any atom is 0.234 e. The Labute approximate surface area is 116 Å². The number of likely N-dealkylation sites (N-methyl/N-ethyl adjacent to an activating group) is 1. The molecule has 18 heavy (non-hydrogen) atoms. The number of hydrogen-bond acceptors (Lipinski definition) is 2. The Balaban J connectivity index is 0.00000289. The Hall–Kier alpha value is -1.06.